The van der Waals surface area contributed by atoms with E-state index in [1.54, 1.807) is 12.1 Å². The van der Waals surface area contributed by atoms with Crippen LogP contribution in [0.1, 0.15) is 45.1 Å². The standard InChI is InChI=1S/C13H17FO.C2H6/c1-10(11-6-8-15-9-7-11)12-4-2-3-5-13(12)14;1-2/h2-5,10-11H,6-9H2,1H3;1-2H3/t10-;/m0./s1. The van der Waals surface area contributed by atoms with Gasteiger partial charge < -0.3 is 4.74 Å². The van der Waals surface area contributed by atoms with Crippen molar-refractivity contribution in [3.63, 3.8) is 0 Å². The van der Waals surface area contributed by atoms with Crippen LogP contribution in [0.25, 0.3) is 0 Å². The topological polar surface area (TPSA) is 9.23 Å². The van der Waals surface area contributed by atoms with Crippen LogP contribution in [0.2, 0.25) is 0 Å². The molecule has 1 aliphatic rings. The lowest BCUT2D eigenvalue weighted by molar-refractivity contribution is 0.0593. The first-order valence-corrected chi connectivity index (χ1v) is 6.61. The van der Waals surface area contributed by atoms with Gasteiger partial charge in [0.2, 0.25) is 0 Å². The first kappa shape index (κ1) is 14.2. The van der Waals surface area contributed by atoms with Gasteiger partial charge in [-0.15, -0.1) is 0 Å². The molecule has 2 heteroatoms. The van der Waals surface area contributed by atoms with Gasteiger partial charge in [-0.25, -0.2) is 4.39 Å². The Labute approximate surface area is 104 Å². The summed E-state index contributed by atoms with van der Waals surface area (Å²) in [5.74, 6) is 0.794. The number of hydrogen-bond acceptors (Lipinski definition) is 1. The summed E-state index contributed by atoms with van der Waals surface area (Å²) < 4.78 is 18.9. The van der Waals surface area contributed by atoms with Crippen molar-refractivity contribution in [3.8, 4) is 0 Å². The SMILES string of the molecule is CC.C[C@H](c1ccccc1F)C1CCOCC1. The van der Waals surface area contributed by atoms with Gasteiger partial charge in [-0.3, -0.25) is 0 Å². The lowest BCUT2D eigenvalue weighted by Gasteiger charge is -2.28. The number of ether oxygens (including phenoxy) is 1. The molecule has 1 nitrogen and oxygen atoms in total. The van der Waals surface area contributed by atoms with Crippen LogP contribution in [0.4, 0.5) is 4.39 Å². The molecule has 1 atom stereocenters. The Morgan fingerprint density at radius 2 is 1.76 bits per heavy atom. The van der Waals surface area contributed by atoms with E-state index in [9.17, 15) is 4.39 Å². The zero-order chi connectivity index (χ0) is 12.7. The highest BCUT2D eigenvalue weighted by atomic mass is 19.1. The first-order valence-electron chi connectivity index (χ1n) is 6.61. The fourth-order valence-corrected chi connectivity index (χ4v) is 2.31. The summed E-state index contributed by atoms with van der Waals surface area (Å²) in [4.78, 5) is 0. The van der Waals surface area contributed by atoms with Crippen LogP contribution in [0.3, 0.4) is 0 Å². The van der Waals surface area contributed by atoms with E-state index in [-0.39, 0.29) is 5.82 Å². The van der Waals surface area contributed by atoms with E-state index in [2.05, 4.69) is 6.92 Å². The maximum atomic E-state index is 13.6. The maximum absolute atomic E-state index is 13.6. The Balaban J connectivity index is 0.000000686. The van der Waals surface area contributed by atoms with E-state index in [1.165, 1.54) is 0 Å². The lowest BCUT2D eigenvalue weighted by atomic mass is 9.82. The monoisotopic (exact) mass is 238 g/mol. The molecule has 0 N–H and O–H groups in total. The molecule has 0 radical (unpaired) electrons. The molecule has 0 spiro atoms. The van der Waals surface area contributed by atoms with Crippen molar-refractivity contribution in [2.24, 2.45) is 5.92 Å². The predicted octanol–water partition coefficient (Wildman–Crippen LogP) is 4.38. The Hall–Kier alpha value is -0.890. The van der Waals surface area contributed by atoms with E-state index in [1.807, 2.05) is 26.0 Å². The van der Waals surface area contributed by atoms with Gasteiger partial charge in [0.05, 0.1) is 0 Å². The normalized spacial score (nSPS) is 18.1. The van der Waals surface area contributed by atoms with Crippen LogP contribution in [0, 0.1) is 11.7 Å². The van der Waals surface area contributed by atoms with Crippen LogP contribution < -0.4 is 0 Å². The highest BCUT2D eigenvalue weighted by Gasteiger charge is 2.23. The maximum Gasteiger partial charge on any atom is 0.126 e. The average Bonchev–Trinajstić information content (AvgIpc) is 2.42. The molecule has 0 bridgehead atoms. The Bertz CT molecular complexity index is 318. The largest absolute Gasteiger partial charge is 0.381 e. The van der Waals surface area contributed by atoms with Crippen LogP contribution in [-0.4, -0.2) is 13.2 Å². The molecule has 1 aromatic rings. The third-order valence-corrected chi connectivity index (χ3v) is 3.37. The van der Waals surface area contributed by atoms with Crippen LogP contribution in [0.5, 0.6) is 0 Å². The second-order valence-electron chi connectivity index (χ2n) is 4.26. The minimum Gasteiger partial charge on any atom is -0.381 e. The quantitative estimate of drug-likeness (QED) is 0.743. The molecule has 0 aliphatic carbocycles. The van der Waals surface area contributed by atoms with E-state index < -0.39 is 0 Å². The molecule has 2 rings (SSSR count). The second-order valence-corrected chi connectivity index (χ2v) is 4.26. The smallest absolute Gasteiger partial charge is 0.126 e. The number of benzene rings is 1. The summed E-state index contributed by atoms with van der Waals surface area (Å²) in [6.07, 6.45) is 2.10. The molecular formula is C15H23FO. The van der Waals surface area contributed by atoms with Gasteiger partial charge in [0.25, 0.3) is 0 Å². The third-order valence-electron chi connectivity index (χ3n) is 3.37. The van der Waals surface area contributed by atoms with E-state index in [0.29, 0.717) is 11.8 Å². The van der Waals surface area contributed by atoms with E-state index in [4.69, 9.17) is 4.74 Å². The summed E-state index contributed by atoms with van der Waals surface area (Å²) in [6, 6.07) is 7.10. The van der Waals surface area contributed by atoms with Gasteiger partial charge in [-0.1, -0.05) is 39.0 Å². The van der Waals surface area contributed by atoms with Crippen molar-refractivity contribution in [2.45, 2.75) is 39.5 Å². The number of hydrogen-bond donors (Lipinski definition) is 0. The molecule has 1 aromatic carbocycles. The summed E-state index contributed by atoms with van der Waals surface area (Å²) >= 11 is 0. The minimum absolute atomic E-state index is 0.0727. The summed E-state index contributed by atoms with van der Waals surface area (Å²) in [5, 5.41) is 0. The molecule has 0 unspecified atom stereocenters. The first-order chi connectivity index (χ1) is 8.29. The highest BCUT2D eigenvalue weighted by Crippen LogP contribution is 2.32. The molecule has 17 heavy (non-hydrogen) atoms. The summed E-state index contributed by atoms with van der Waals surface area (Å²) in [7, 11) is 0. The van der Waals surface area contributed by atoms with E-state index in [0.717, 1.165) is 31.6 Å². The van der Waals surface area contributed by atoms with Crippen molar-refractivity contribution < 1.29 is 9.13 Å². The molecule has 1 heterocycles. The third kappa shape index (κ3) is 3.81. The van der Waals surface area contributed by atoms with Crippen molar-refractivity contribution in [2.75, 3.05) is 13.2 Å². The Morgan fingerprint density at radius 3 is 2.35 bits per heavy atom. The fraction of sp³-hybridized carbons (Fsp3) is 0.600. The van der Waals surface area contributed by atoms with Gasteiger partial charge in [-0.05, 0) is 36.3 Å². The molecule has 0 saturated carbocycles. The predicted molar refractivity (Wildman–Crippen MR) is 69.7 cm³/mol. The van der Waals surface area contributed by atoms with Gasteiger partial charge in [0.15, 0.2) is 0 Å². The van der Waals surface area contributed by atoms with Crippen molar-refractivity contribution >= 4 is 0 Å². The van der Waals surface area contributed by atoms with Crippen molar-refractivity contribution in [1.29, 1.82) is 0 Å². The zero-order valence-corrected chi connectivity index (χ0v) is 11.1. The molecular weight excluding hydrogens is 215 g/mol. The summed E-state index contributed by atoms with van der Waals surface area (Å²) in [6.45, 7) is 7.77. The molecule has 96 valence electrons. The molecule has 0 amide bonds. The van der Waals surface area contributed by atoms with Crippen LogP contribution in [-0.2, 0) is 4.74 Å². The van der Waals surface area contributed by atoms with Gasteiger partial charge in [-0.2, -0.15) is 0 Å². The zero-order valence-electron chi connectivity index (χ0n) is 11.1. The summed E-state index contributed by atoms with van der Waals surface area (Å²) in [5.41, 5.74) is 0.851. The molecule has 0 aromatic heterocycles. The fourth-order valence-electron chi connectivity index (χ4n) is 2.31. The van der Waals surface area contributed by atoms with Crippen LogP contribution in [0.15, 0.2) is 24.3 Å². The van der Waals surface area contributed by atoms with E-state index >= 15 is 0 Å². The van der Waals surface area contributed by atoms with Gasteiger partial charge >= 0.3 is 0 Å². The van der Waals surface area contributed by atoms with Crippen molar-refractivity contribution in [1.82, 2.24) is 0 Å². The molecule has 1 saturated heterocycles. The Kier molecular flexibility index (Phi) is 6.20. The number of rotatable bonds is 2. The average molecular weight is 238 g/mol. The van der Waals surface area contributed by atoms with Gasteiger partial charge in [0.1, 0.15) is 5.82 Å². The lowest BCUT2D eigenvalue weighted by Crippen LogP contribution is -2.21. The van der Waals surface area contributed by atoms with Crippen LogP contribution >= 0.6 is 0 Å². The second kappa shape index (κ2) is 7.44. The molecule has 1 fully saturated rings. The molecule has 1 aliphatic heterocycles. The van der Waals surface area contributed by atoms with Crippen molar-refractivity contribution in [3.05, 3.63) is 35.6 Å². The highest BCUT2D eigenvalue weighted by molar-refractivity contribution is 5.21. The number of halogens is 1. The Morgan fingerprint density at radius 1 is 1.18 bits per heavy atom. The van der Waals surface area contributed by atoms with Gasteiger partial charge in [0, 0.05) is 13.2 Å². The minimum atomic E-state index is -0.0727.